The van der Waals surface area contributed by atoms with Gasteiger partial charge in [0.25, 0.3) is 11.1 Å². The van der Waals surface area contributed by atoms with Crippen LogP contribution in [-0.2, 0) is 11.3 Å². The number of amides is 2. The highest BCUT2D eigenvalue weighted by Gasteiger charge is 2.36. The highest BCUT2D eigenvalue weighted by atomic mass is 32.2. The van der Waals surface area contributed by atoms with Crippen molar-refractivity contribution in [1.29, 1.82) is 0 Å². The van der Waals surface area contributed by atoms with Crippen molar-refractivity contribution in [3.05, 3.63) is 75.5 Å². The summed E-state index contributed by atoms with van der Waals surface area (Å²) in [6, 6.07) is 11.0. The molecule has 1 saturated heterocycles. The molecule has 0 N–H and O–H groups in total. The first-order valence-corrected chi connectivity index (χ1v) is 11.5. The number of carbonyl (C=O) groups excluding carboxylic acids is 2. The third kappa shape index (κ3) is 3.99. The number of benzene rings is 2. The first-order valence-electron chi connectivity index (χ1n) is 10.7. The van der Waals surface area contributed by atoms with Crippen LogP contribution < -0.4 is 4.90 Å². The number of aryl methyl sites for hydroxylation is 1. The van der Waals surface area contributed by atoms with Gasteiger partial charge in [0.05, 0.1) is 17.0 Å². The molecule has 166 valence electrons. The van der Waals surface area contributed by atoms with Gasteiger partial charge in [0.2, 0.25) is 0 Å². The fourth-order valence-corrected chi connectivity index (χ4v) is 5.40. The minimum absolute atomic E-state index is 0.207. The molecule has 2 aromatic rings. The van der Waals surface area contributed by atoms with Crippen LogP contribution in [-0.4, -0.2) is 28.1 Å². The molecular formula is C26H27FN2O2S. The maximum absolute atomic E-state index is 15.1. The topological polar surface area (TPSA) is 40.6 Å². The van der Waals surface area contributed by atoms with Gasteiger partial charge >= 0.3 is 0 Å². The van der Waals surface area contributed by atoms with E-state index in [1.165, 1.54) is 11.0 Å². The molecule has 4 rings (SSSR count). The monoisotopic (exact) mass is 450 g/mol. The molecule has 4 nitrogen and oxygen atoms in total. The lowest BCUT2D eigenvalue weighted by Crippen LogP contribution is -2.45. The summed E-state index contributed by atoms with van der Waals surface area (Å²) in [5.74, 6) is -0.791. The third-order valence-corrected chi connectivity index (χ3v) is 6.90. The van der Waals surface area contributed by atoms with Crippen molar-refractivity contribution in [2.45, 2.75) is 46.7 Å². The predicted octanol–water partition coefficient (Wildman–Crippen LogP) is 6.39. The van der Waals surface area contributed by atoms with Gasteiger partial charge in [-0.15, -0.1) is 0 Å². The van der Waals surface area contributed by atoms with Gasteiger partial charge in [0.1, 0.15) is 5.82 Å². The fourth-order valence-electron chi connectivity index (χ4n) is 4.57. The SMILES string of the molecule is CCN1c2cc(F)c(/C=C3/SC(=O)N(Cc4cccc(C)c4)C3=O)cc2C(C)=CC1(C)C. The number of hydrogen-bond donors (Lipinski definition) is 0. The van der Waals surface area contributed by atoms with E-state index in [1.54, 1.807) is 12.1 Å². The summed E-state index contributed by atoms with van der Waals surface area (Å²) in [4.78, 5) is 29.1. The number of anilines is 1. The number of likely N-dealkylation sites (N-methyl/N-ethyl adjacent to an activating group) is 1. The number of carbonyl (C=O) groups is 2. The lowest BCUT2D eigenvalue weighted by Gasteiger charge is -2.42. The van der Waals surface area contributed by atoms with E-state index < -0.39 is 5.82 Å². The van der Waals surface area contributed by atoms with E-state index in [4.69, 9.17) is 0 Å². The lowest BCUT2D eigenvalue weighted by molar-refractivity contribution is -0.123. The molecule has 0 aromatic heterocycles. The first-order chi connectivity index (χ1) is 15.1. The molecule has 0 bridgehead atoms. The molecule has 0 unspecified atom stereocenters. The second kappa shape index (κ2) is 8.24. The number of thioether (sulfide) groups is 1. The zero-order chi connectivity index (χ0) is 23.2. The summed E-state index contributed by atoms with van der Waals surface area (Å²) < 4.78 is 15.1. The smallest absolute Gasteiger partial charge is 0.293 e. The Morgan fingerprint density at radius 1 is 1.12 bits per heavy atom. The number of halogens is 1. The van der Waals surface area contributed by atoms with Crippen molar-refractivity contribution in [3.63, 3.8) is 0 Å². The van der Waals surface area contributed by atoms with E-state index in [9.17, 15) is 9.59 Å². The van der Waals surface area contributed by atoms with Crippen LogP contribution in [0.1, 0.15) is 49.9 Å². The van der Waals surface area contributed by atoms with Crippen LogP contribution in [0.25, 0.3) is 11.6 Å². The maximum Gasteiger partial charge on any atom is 0.293 e. The van der Waals surface area contributed by atoms with Gasteiger partial charge < -0.3 is 4.90 Å². The molecule has 1 fully saturated rings. The summed E-state index contributed by atoms with van der Waals surface area (Å²) in [5.41, 5.74) is 4.91. The number of nitrogens with zero attached hydrogens (tertiary/aromatic N) is 2. The van der Waals surface area contributed by atoms with Crippen molar-refractivity contribution >= 4 is 40.2 Å². The third-order valence-electron chi connectivity index (χ3n) is 6.00. The van der Waals surface area contributed by atoms with Gasteiger partial charge in [-0.3, -0.25) is 14.5 Å². The highest BCUT2D eigenvalue weighted by molar-refractivity contribution is 8.18. The second-order valence-corrected chi connectivity index (χ2v) is 9.87. The molecule has 0 spiro atoms. The van der Waals surface area contributed by atoms with Crippen LogP contribution in [0.2, 0.25) is 0 Å². The fraction of sp³-hybridized carbons (Fsp3) is 0.308. The molecule has 6 heteroatoms. The Labute approximate surface area is 192 Å². The second-order valence-electron chi connectivity index (χ2n) is 8.87. The van der Waals surface area contributed by atoms with Crippen LogP contribution in [0.4, 0.5) is 14.9 Å². The first kappa shape index (κ1) is 22.3. The zero-order valence-corrected chi connectivity index (χ0v) is 19.8. The van der Waals surface area contributed by atoms with Crippen molar-refractivity contribution in [2.24, 2.45) is 0 Å². The minimum Gasteiger partial charge on any atom is -0.363 e. The number of allylic oxidation sites excluding steroid dienone is 1. The molecule has 2 amide bonds. The van der Waals surface area contributed by atoms with Gasteiger partial charge in [0.15, 0.2) is 0 Å². The number of hydrogen-bond acceptors (Lipinski definition) is 4. The van der Waals surface area contributed by atoms with E-state index in [1.807, 2.05) is 38.1 Å². The normalized spacial score (nSPS) is 18.9. The van der Waals surface area contributed by atoms with Crippen LogP contribution in [0.5, 0.6) is 0 Å². The van der Waals surface area contributed by atoms with E-state index >= 15 is 4.39 Å². The van der Waals surface area contributed by atoms with Crippen LogP contribution in [0.15, 0.2) is 47.4 Å². The lowest BCUT2D eigenvalue weighted by atomic mass is 9.88. The minimum atomic E-state index is -0.404. The molecule has 2 heterocycles. The van der Waals surface area contributed by atoms with Crippen molar-refractivity contribution in [3.8, 4) is 0 Å². The molecule has 2 aromatic carbocycles. The van der Waals surface area contributed by atoms with Gasteiger partial charge in [-0.1, -0.05) is 35.9 Å². The van der Waals surface area contributed by atoms with E-state index in [-0.39, 0.29) is 28.1 Å². The molecule has 0 aliphatic carbocycles. The molecule has 32 heavy (non-hydrogen) atoms. The predicted molar refractivity (Wildman–Crippen MR) is 130 cm³/mol. The maximum atomic E-state index is 15.1. The Morgan fingerprint density at radius 2 is 1.88 bits per heavy atom. The Hall–Kier alpha value is -2.86. The van der Waals surface area contributed by atoms with Crippen LogP contribution in [0, 0.1) is 12.7 Å². The standard InChI is InChI=1S/C26H27FN2O2S/c1-6-29-22-13-21(27)19(11-20(22)17(3)14-26(29,4)5)12-23-24(30)28(25(31)32-23)15-18-9-7-8-16(2)10-18/h7-14H,6,15H2,1-5H3/b23-12+. The van der Waals surface area contributed by atoms with Gasteiger partial charge in [-0.2, -0.15) is 0 Å². The quantitative estimate of drug-likeness (QED) is 0.506. The molecule has 0 saturated carbocycles. The van der Waals surface area contributed by atoms with Crippen molar-refractivity contribution in [2.75, 3.05) is 11.4 Å². The molecule has 0 atom stereocenters. The molecule has 2 aliphatic rings. The largest absolute Gasteiger partial charge is 0.363 e. The highest BCUT2D eigenvalue weighted by Crippen LogP contribution is 2.41. The Bertz CT molecular complexity index is 1180. The summed E-state index contributed by atoms with van der Waals surface area (Å²) in [6.45, 7) is 11.2. The van der Waals surface area contributed by atoms with Gasteiger partial charge in [-0.05, 0) is 75.7 Å². The number of rotatable bonds is 4. The van der Waals surface area contributed by atoms with Gasteiger partial charge in [-0.25, -0.2) is 4.39 Å². The molecular weight excluding hydrogens is 423 g/mol. The Balaban J connectivity index is 1.67. The zero-order valence-electron chi connectivity index (χ0n) is 19.0. The van der Waals surface area contributed by atoms with E-state index in [0.29, 0.717) is 5.56 Å². The van der Waals surface area contributed by atoms with Gasteiger partial charge in [0, 0.05) is 23.4 Å². The Kier molecular flexibility index (Phi) is 5.76. The van der Waals surface area contributed by atoms with Crippen LogP contribution in [0.3, 0.4) is 0 Å². The Morgan fingerprint density at radius 3 is 2.56 bits per heavy atom. The average molecular weight is 451 g/mol. The summed E-state index contributed by atoms with van der Waals surface area (Å²) in [6.07, 6.45) is 3.68. The number of imide groups is 1. The summed E-state index contributed by atoms with van der Waals surface area (Å²) in [5, 5.41) is -0.337. The van der Waals surface area contributed by atoms with E-state index in [0.717, 1.165) is 46.3 Å². The summed E-state index contributed by atoms with van der Waals surface area (Å²) >= 11 is 0.859. The van der Waals surface area contributed by atoms with E-state index in [2.05, 4.69) is 31.7 Å². The number of fused-ring (bicyclic) bond motifs is 1. The molecule has 0 radical (unpaired) electrons. The van der Waals surface area contributed by atoms with Crippen molar-refractivity contribution < 1.29 is 14.0 Å². The molecule has 2 aliphatic heterocycles. The average Bonchev–Trinajstić information content (AvgIpc) is 2.96. The van der Waals surface area contributed by atoms with Crippen LogP contribution >= 0.6 is 11.8 Å². The summed E-state index contributed by atoms with van der Waals surface area (Å²) in [7, 11) is 0. The van der Waals surface area contributed by atoms with Crippen molar-refractivity contribution in [1.82, 2.24) is 4.90 Å².